The van der Waals surface area contributed by atoms with E-state index in [1.54, 1.807) is 0 Å². The summed E-state index contributed by atoms with van der Waals surface area (Å²) in [5.41, 5.74) is 4.91. The number of hydrogen-bond donors (Lipinski definition) is 5. The van der Waals surface area contributed by atoms with Gasteiger partial charge in [-0.25, -0.2) is 8.77 Å². The van der Waals surface area contributed by atoms with Gasteiger partial charge in [0, 0.05) is 17.7 Å². The van der Waals surface area contributed by atoms with Gasteiger partial charge in [-0.05, 0) is 0 Å². The van der Waals surface area contributed by atoms with Gasteiger partial charge in [-0.15, -0.1) is 0 Å². The van der Waals surface area contributed by atoms with Crippen LogP contribution in [0.5, 0.6) is 0 Å². The molecule has 6 N–H and O–H groups in total. The summed E-state index contributed by atoms with van der Waals surface area (Å²) < 4.78 is 27.2. The molecule has 0 aromatic heterocycles. The zero-order valence-electron chi connectivity index (χ0n) is 5.86. The average molecular weight is 239 g/mol. The van der Waals surface area contributed by atoms with Gasteiger partial charge in [-0.1, -0.05) is 0 Å². The highest BCUT2D eigenvalue weighted by Gasteiger charge is 2.00. The van der Waals surface area contributed by atoms with Crippen LogP contribution in [0.4, 0.5) is 0 Å². The lowest BCUT2D eigenvalue weighted by Crippen LogP contribution is -2.12. The van der Waals surface area contributed by atoms with Gasteiger partial charge < -0.3 is 25.0 Å². The molecule has 0 aromatic rings. The van der Waals surface area contributed by atoms with Crippen LogP contribution in [0.1, 0.15) is 0 Å². The van der Waals surface area contributed by atoms with Crippen LogP contribution >= 0.6 is 7.82 Å². The quantitative estimate of drug-likeness (QED) is 0.357. The van der Waals surface area contributed by atoms with Crippen molar-refractivity contribution in [3.05, 3.63) is 0 Å². The van der Waals surface area contributed by atoms with E-state index >= 15 is 0 Å². The van der Waals surface area contributed by atoms with Gasteiger partial charge in [0.2, 0.25) is 0 Å². The van der Waals surface area contributed by atoms with Crippen LogP contribution in [0, 0.1) is 0 Å². The molecule has 1 unspecified atom stereocenters. The lowest BCUT2D eigenvalue weighted by atomic mass is 10.8. The van der Waals surface area contributed by atoms with Crippen molar-refractivity contribution < 1.29 is 28.0 Å². The van der Waals surface area contributed by atoms with E-state index in [-0.39, 0.29) is 12.3 Å². The Hall–Kier alpha value is 0.400. The third-order valence-corrected chi connectivity index (χ3v) is 1.63. The van der Waals surface area contributed by atoms with E-state index in [1.165, 1.54) is 0 Å². The fraction of sp³-hybridized carbons (Fsp3) is 1.00. The summed E-state index contributed by atoms with van der Waals surface area (Å²) in [6, 6.07) is 0. The van der Waals surface area contributed by atoms with Crippen LogP contribution in [-0.4, -0.2) is 35.7 Å². The number of rotatable bonds is 2. The van der Waals surface area contributed by atoms with Crippen LogP contribution in [0.25, 0.3) is 0 Å². The summed E-state index contributed by atoms with van der Waals surface area (Å²) in [5, 5.41) is 0. The molecule has 0 aromatic carbocycles. The molecule has 0 fully saturated rings. The van der Waals surface area contributed by atoms with Crippen molar-refractivity contribution in [1.82, 2.24) is 0 Å². The maximum Gasteiger partial charge on any atom is 0.466 e. The first-order valence-electron chi connectivity index (χ1n) is 2.50. The summed E-state index contributed by atoms with van der Waals surface area (Å²) in [7, 11) is -7.60. The number of phosphoric acid groups is 1. The lowest BCUT2D eigenvalue weighted by molar-refractivity contribution is 0.275. The van der Waals surface area contributed by atoms with E-state index in [0.29, 0.717) is 0 Å². The summed E-state index contributed by atoms with van der Waals surface area (Å²) in [6.07, 6.45) is 0. The first kappa shape index (κ1) is 14.9. The van der Waals surface area contributed by atoms with Crippen molar-refractivity contribution in [2.45, 2.75) is 0 Å². The molecule has 76 valence electrons. The normalized spacial score (nSPS) is 15.8. The Kier molecular flexibility index (Phi) is 7.38. The van der Waals surface area contributed by atoms with Crippen LogP contribution in [-0.2, 0) is 24.5 Å². The molecule has 0 saturated heterocycles. The Morgan fingerprint density at radius 3 is 1.67 bits per heavy atom. The molecule has 0 rings (SSSR count). The average Bonchev–Trinajstić information content (AvgIpc) is 1.54. The van der Waals surface area contributed by atoms with Crippen LogP contribution < -0.4 is 5.73 Å². The van der Waals surface area contributed by atoms with E-state index < -0.39 is 16.6 Å². The summed E-state index contributed by atoms with van der Waals surface area (Å²) in [4.78, 5) is 21.6. The maximum atomic E-state index is 10.1. The molecule has 0 amide bonds. The minimum atomic E-state index is -4.64. The second-order valence-electron chi connectivity index (χ2n) is 1.59. The SMILES string of the molecule is NCCS(=O)(O)=S.O=P(O)(O)O. The topological polar surface area (TPSA) is 141 Å². The molecule has 0 bridgehead atoms. The van der Waals surface area contributed by atoms with Crippen molar-refractivity contribution >= 4 is 27.8 Å². The Morgan fingerprint density at radius 1 is 1.42 bits per heavy atom. The van der Waals surface area contributed by atoms with Crippen molar-refractivity contribution in [1.29, 1.82) is 0 Å². The second-order valence-corrected chi connectivity index (χ2v) is 5.75. The van der Waals surface area contributed by atoms with Crippen molar-refractivity contribution in [2.24, 2.45) is 5.73 Å². The first-order chi connectivity index (χ1) is 5.06. The van der Waals surface area contributed by atoms with Gasteiger partial charge in [0.1, 0.15) is 8.77 Å². The molecule has 7 nitrogen and oxygen atoms in total. The second kappa shape index (κ2) is 5.95. The molecular weight excluding hydrogens is 229 g/mol. The van der Waals surface area contributed by atoms with Crippen LogP contribution in [0.3, 0.4) is 0 Å². The van der Waals surface area contributed by atoms with Gasteiger partial charge in [0.05, 0.1) is 5.75 Å². The van der Waals surface area contributed by atoms with Gasteiger partial charge in [0.25, 0.3) is 0 Å². The van der Waals surface area contributed by atoms with E-state index in [4.69, 9.17) is 29.5 Å². The lowest BCUT2D eigenvalue weighted by Gasteiger charge is -1.90. The third kappa shape index (κ3) is 47.5. The highest BCUT2D eigenvalue weighted by atomic mass is 32.8. The molecule has 0 saturated carbocycles. The molecular formula is C2H10NO6PS2. The molecule has 0 spiro atoms. The van der Waals surface area contributed by atoms with Crippen LogP contribution in [0.15, 0.2) is 0 Å². The first-order valence-corrected chi connectivity index (χ1v) is 6.67. The predicted octanol–water partition coefficient (Wildman–Crippen LogP) is -1.76. The Morgan fingerprint density at radius 2 is 1.67 bits per heavy atom. The Labute approximate surface area is 74.3 Å². The van der Waals surface area contributed by atoms with Crippen molar-refractivity contribution in [3.8, 4) is 0 Å². The van der Waals surface area contributed by atoms with Gasteiger partial charge in [0.15, 0.2) is 0 Å². The smallest absolute Gasteiger partial charge is 0.329 e. The molecule has 0 heterocycles. The zero-order chi connectivity index (χ0) is 10.4. The molecule has 10 heteroatoms. The molecule has 0 aliphatic rings. The minimum absolute atomic E-state index is 0.0162. The van der Waals surface area contributed by atoms with Crippen molar-refractivity contribution in [2.75, 3.05) is 12.3 Å². The zero-order valence-corrected chi connectivity index (χ0v) is 8.39. The fourth-order valence-corrected chi connectivity index (χ4v) is 0.735. The summed E-state index contributed by atoms with van der Waals surface area (Å²) in [5.74, 6) is 0.0162. The van der Waals surface area contributed by atoms with Crippen molar-refractivity contribution in [3.63, 3.8) is 0 Å². The molecule has 0 aliphatic carbocycles. The predicted molar refractivity (Wildman–Crippen MR) is 46.3 cm³/mol. The fourth-order valence-electron chi connectivity index (χ4n) is 0.149. The van der Waals surface area contributed by atoms with E-state index in [9.17, 15) is 4.21 Å². The molecule has 12 heavy (non-hydrogen) atoms. The van der Waals surface area contributed by atoms with Gasteiger partial charge >= 0.3 is 7.82 Å². The third-order valence-electron chi connectivity index (χ3n) is 0.376. The largest absolute Gasteiger partial charge is 0.466 e. The summed E-state index contributed by atoms with van der Waals surface area (Å²) in [6.45, 7) is 0.179. The highest BCUT2D eigenvalue weighted by Crippen LogP contribution is 2.25. The monoisotopic (exact) mass is 239 g/mol. The van der Waals surface area contributed by atoms with Gasteiger partial charge in [-0.3, -0.25) is 0 Å². The van der Waals surface area contributed by atoms with E-state index in [2.05, 4.69) is 11.2 Å². The minimum Gasteiger partial charge on any atom is -0.329 e. The standard InChI is InChI=1S/C2H7NO2S2.H3O4P/c3-1-2-7(4,5)6;1-5(2,3)4/h1-3H2,(H,4,5,6);(H3,1,2,3,4). The number of hydrogen-bond acceptors (Lipinski definition) is 4. The Bertz CT molecular complexity index is 234. The van der Waals surface area contributed by atoms with E-state index in [1.807, 2.05) is 0 Å². The molecule has 1 atom stereocenters. The summed E-state index contributed by atoms with van der Waals surface area (Å²) >= 11 is 4.09. The Balaban J connectivity index is 0. The highest BCUT2D eigenvalue weighted by molar-refractivity contribution is 8.29. The molecule has 0 radical (unpaired) electrons. The van der Waals surface area contributed by atoms with Gasteiger partial charge in [-0.2, -0.15) is 0 Å². The van der Waals surface area contributed by atoms with E-state index in [0.717, 1.165) is 0 Å². The number of nitrogens with two attached hydrogens (primary N) is 1. The maximum absolute atomic E-state index is 10.1. The molecule has 0 aliphatic heterocycles. The van der Waals surface area contributed by atoms with Crippen LogP contribution in [0.2, 0.25) is 0 Å².